The Labute approximate surface area is 127 Å². The Morgan fingerprint density at radius 1 is 1.10 bits per heavy atom. The van der Waals surface area contributed by atoms with Crippen LogP contribution in [0.4, 0.5) is 4.39 Å². The van der Waals surface area contributed by atoms with Crippen LogP contribution in [0.15, 0.2) is 48.5 Å². The summed E-state index contributed by atoms with van der Waals surface area (Å²) in [6, 6.07) is 16.1. The normalized spacial score (nSPS) is 12.3. The van der Waals surface area contributed by atoms with Crippen molar-refractivity contribution in [2.75, 3.05) is 6.54 Å². The van der Waals surface area contributed by atoms with E-state index in [2.05, 4.69) is 42.6 Å². The van der Waals surface area contributed by atoms with Gasteiger partial charge in [-0.05, 0) is 61.6 Å². The maximum Gasteiger partial charge on any atom is 0.123 e. The Hall–Kier alpha value is -1.67. The van der Waals surface area contributed by atoms with Crippen molar-refractivity contribution < 1.29 is 4.39 Å². The van der Waals surface area contributed by atoms with Crippen LogP contribution in [0.1, 0.15) is 30.0 Å². The van der Waals surface area contributed by atoms with E-state index in [1.165, 1.54) is 11.1 Å². The van der Waals surface area contributed by atoms with Crippen LogP contribution in [0, 0.1) is 12.7 Å². The maximum atomic E-state index is 13.1. The highest BCUT2D eigenvalue weighted by atomic mass is 19.1. The van der Waals surface area contributed by atoms with E-state index in [-0.39, 0.29) is 5.82 Å². The molecule has 0 saturated heterocycles. The Kier molecular flexibility index (Phi) is 5.94. The van der Waals surface area contributed by atoms with Crippen molar-refractivity contribution in [1.82, 2.24) is 5.32 Å². The summed E-state index contributed by atoms with van der Waals surface area (Å²) in [5.74, 6) is -0.153. The topological polar surface area (TPSA) is 12.0 Å². The number of benzene rings is 2. The Balaban J connectivity index is 1.83. The van der Waals surface area contributed by atoms with E-state index in [4.69, 9.17) is 0 Å². The van der Waals surface area contributed by atoms with Crippen LogP contribution in [-0.4, -0.2) is 12.6 Å². The molecule has 2 rings (SSSR count). The third-order valence-electron chi connectivity index (χ3n) is 3.95. The van der Waals surface area contributed by atoms with Gasteiger partial charge in [0.05, 0.1) is 0 Å². The van der Waals surface area contributed by atoms with E-state index >= 15 is 0 Å². The van der Waals surface area contributed by atoms with Crippen LogP contribution in [0.25, 0.3) is 0 Å². The third kappa shape index (κ3) is 4.98. The smallest absolute Gasteiger partial charge is 0.123 e. The van der Waals surface area contributed by atoms with E-state index in [1.807, 2.05) is 13.0 Å². The van der Waals surface area contributed by atoms with Crippen LogP contribution in [0.2, 0.25) is 0 Å². The quantitative estimate of drug-likeness (QED) is 0.800. The molecule has 0 radical (unpaired) electrons. The first-order chi connectivity index (χ1) is 10.2. The van der Waals surface area contributed by atoms with Crippen LogP contribution >= 0.6 is 0 Å². The number of nitrogens with one attached hydrogen (secondary N) is 1. The number of halogens is 1. The molecule has 0 aliphatic rings. The molecular formula is C19H24FN. The lowest BCUT2D eigenvalue weighted by Crippen LogP contribution is -2.32. The summed E-state index contributed by atoms with van der Waals surface area (Å²) in [7, 11) is 0. The first-order valence-corrected chi connectivity index (χ1v) is 7.71. The van der Waals surface area contributed by atoms with Gasteiger partial charge in [0, 0.05) is 6.04 Å². The van der Waals surface area contributed by atoms with Gasteiger partial charge in [0.2, 0.25) is 0 Å². The van der Waals surface area contributed by atoms with E-state index in [0.717, 1.165) is 31.4 Å². The summed E-state index contributed by atoms with van der Waals surface area (Å²) < 4.78 is 13.1. The van der Waals surface area contributed by atoms with Crippen LogP contribution in [-0.2, 0) is 12.8 Å². The second kappa shape index (κ2) is 7.94. The minimum absolute atomic E-state index is 0.153. The van der Waals surface area contributed by atoms with Gasteiger partial charge in [-0.2, -0.15) is 0 Å². The van der Waals surface area contributed by atoms with Gasteiger partial charge in [0.1, 0.15) is 5.82 Å². The zero-order valence-electron chi connectivity index (χ0n) is 12.9. The molecule has 0 aliphatic heterocycles. The fraction of sp³-hybridized carbons (Fsp3) is 0.368. The van der Waals surface area contributed by atoms with Crippen LogP contribution < -0.4 is 5.32 Å². The van der Waals surface area contributed by atoms with Gasteiger partial charge in [-0.25, -0.2) is 4.39 Å². The number of hydrogen-bond acceptors (Lipinski definition) is 1. The molecule has 0 fully saturated rings. The van der Waals surface area contributed by atoms with Crippen molar-refractivity contribution in [3.05, 3.63) is 71.0 Å². The summed E-state index contributed by atoms with van der Waals surface area (Å²) >= 11 is 0. The molecule has 1 nitrogen and oxygen atoms in total. The zero-order valence-corrected chi connectivity index (χ0v) is 12.9. The zero-order chi connectivity index (χ0) is 15.1. The molecule has 2 aromatic rings. The molecule has 0 amide bonds. The molecule has 1 unspecified atom stereocenters. The molecule has 2 heteroatoms. The highest BCUT2D eigenvalue weighted by molar-refractivity contribution is 5.26. The minimum Gasteiger partial charge on any atom is -0.313 e. The molecule has 0 aromatic heterocycles. The standard InChI is InChI=1S/C19H24FN/c1-3-19(14-16-7-5-4-6-8-16)21-12-11-17-9-10-18(20)13-15(17)2/h4-10,13,19,21H,3,11-12,14H2,1-2H3. The van der Waals surface area contributed by atoms with Crippen molar-refractivity contribution in [3.8, 4) is 0 Å². The predicted octanol–water partition coefficient (Wildman–Crippen LogP) is 4.29. The first-order valence-electron chi connectivity index (χ1n) is 7.71. The van der Waals surface area contributed by atoms with E-state index in [9.17, 15) is 4.39 Å². The van der Waals surface area contributed by atoms with Crippen molar-refractivity contribution >= 4 is 0 Å². The lowest BCUT2D eigenvalue weighted by Gasteiger charge is -2.17. The van der Waals surface area contributed by atoms with Crippen molar-refractivity contribution in [1.29, 1.82) is 0 Å². The van der Waals surface area contributed by atoms with Gasteiger partial charge in [-0.3, -0.25) is 0 Å². The molecule has 0 heterocycles. The van der Waals surface area contributed by atoms with Gasteiger partial charge in [0.25, 0.3) is 0 Å². The Morgan fingerprint density at radius 3 is 2.52 bits per heavy atom. The molecule has 1 N–H and O–H groups in total. The summed E-state index contributed by atoms with van der Waals surface area (Å²) in [6.45, 7) is 5.11. The fourth-order valence-corrected chi connectivity index (χ4v) is 2.61. The summed E-state index contributed by atoms with van der Waals surface area (Å²) in [4.78, 5) is 0. The molecule has 112 valence electrons. The third-order valence-corrected chi connectivity index (χ3v) is 3.95. The number of hydrogen-bond donors (Lipinski definition) is 1. The van der Waals surface area contributed by atoms with Crippen LogP contribution in [0.5, 0.6) is 0 Å². The highest BCUT2D eigenvalue weighted by Gasteiger charge is 2.07. The average Bonchev–Trinajstić information content (AvgIpc) is 2.49. The van der Waals surface area contributed by atoms with Crippen molar-refractivity contribution in [2.45, 2.75) is 39.2 Å². The van der Waals surface area contributed by atoms with Gasteiger partial charge < -0.3 is 5.32 Å². The van der Waals surface area contributed by atoms with Crippen molar-refractivity contribution in [3.63, 3.8) is 0 Å². The predicted molar refractivity (Wildman–Crippen MR) is 87.1 cm³/mol. The van der Waals surface area contributed by atoms with Gasteiger partial charge in [-0.15, -0.1) is 0 Å². The molecule has 0 aliphatic carbocycles. The minimum atomic E-state index is -0.153. The monoisotopic (exact) mass is 285 g/mol. The van der Waals surface area contributed by atoms with E-state index in [0.29, 0.717) is 6.04 Å². The van der Waals surface area contributed by atoms with Crippen LogP contribution in [0.3, 0.4) is 0 Å². The number of rotatable bonds is 7. The summed E-state index contributed by atoms with van der Waals surface area (Å²) in [5.41, 5.74) is 3.63. The Bertz CT molecular complexity index is 551. The maximum absolute atomic E-state index is 13.1. The fourth-order valence-electron chi connectivity index (χ4n) is 2.61. The number of aryl methyl sites for hydroxylation is 1. The van der Waals surface area contributed by atoms with E-state index in [1.54, 1.807) is 12.1 Å². The molecule has 0 bridgehead atoms. The molecule has 1 atom stereocenters. The molecule has 0 saturated carbocycles. The second-order valence-corrected chi connectivity index (χ2v) is 5.57. The molecular weight excluding hydrogens is 261 g/mol. The SMILES string of the molecule is CCC(Cc1ccccc1)NCCc1ccc(F)cc1C. The van der Waals surface area contributed by atoms with Gasteiger partial charge >= 0.3 is 0 Å². The second-order valence-electron chi connectivity index (χ2n) is 5.57. The largest absolute Gasteiger partial charge is 0.313 e. The Morgan fingerprint density at radius 2 is 1.86 bits per heavy atom. The first kappa shape index (κ1) is 15.7. The molecule has 2 aromatic carbocycles. The summed E-state index contributed by atoms with van der Waals surface area (Å²) in [5, 5.41) is 3.61. The van der Waals surface area contributed by atoms with Gasteiger partial charge in [-0.1, -0.05) is 43.3 Å². The molecule has 0 spiro atoms. The highest BCUT2D eigenvalue weighted by Crippen LogP contribution is 2.11. The average molecular weight is 285 g/mol. The molecule has 21 heavy (non-hydrogen) atoms. The van der Waals surface area contributed by atoms with Gasteiger partial charge in [0.15, 0.2) is 0 Å². The summed E-state index contributed by atoms with van der Waals surface area (Å²) in [6.07, 6.45) is 3.11. The van der Waals surface area contributed by atoms with E-state index < -0.39 is 0 Å². The van der Waals surface area contributed by atoms with Crippen molar-refractivity contribution in [2.24, 2.45) is 0 Å². The lowest BCUT2D eigenvalue weighted by atomic mass is 10.0. The lowest BCUT2D eigenvalue weighted by molar-refractivity contribution is 0.498.